The molecule has 1 amide bonds. The van der Waals surface area contributed by atoms with Crippen LogP contribution in [0.1, 0.15) is 17.0 Å². The van der Waals surface area contributed by atoms with Crippen LogP contribution in [0.15, 0.2) is 32.1 Å². The summed E-state index contributed by atoms with van der Waals surface area (Å²) in [5, 5.41) is 6.33. The number of nitrogens with zero attached hydrogens (tertiary/aromatic N) is 2. The van der Waals surface area contributed by atoms with Gasteiger partial charge in [-0.25, -0.2) is 8.42 Å². The quantitative estimate of drug-likeness (QED) is 0.809. The Kier molecular flexibility index (Phi) is 5.46. The van der Waals surface area contributed by atoms with Crippen molar-refractivity contribution in [3.05, 3.63) is 39.7 Å². The lowest BCUT2D eigenvalue weighted by Gasteiger charge is -2.16. The molecule has 0 bridgehead atoms. The van der Waals surface area contributed by atoms with Crippen LogP contribution in [0, 0.1) is 20.8 Å². The van der Waals surface area contributed by atoms with E-state index in [1.165, 1.54) is 14.0 Å². The first-order chi connectivity index (χ1) is 11.1. The Hall–Kier alpha value is -1.71. The summed E-state index contributed by atoms with van der Waals surface area (Å²) in [6.45, 7) is 4.64. The van der Waals surface area contributed by atoms with E-state index in [0.717, 1.165) is 14.3 Å². The molecule has 0 saturated carbocycles. The number of nitrogens with one attached hydrogen (secondary N) is 1. The van der Waals surface area contributed by atoms with Crippen molar-refractivity contribution in [1.29, 1.82) is 0 Å². The van der Waals surface area contributed by atoms with E-state index in [4.69, 9.17) is 4.52 Å². The van der Waals surface area contributed by atoms with E-state index in [2.05, 4.69) is 26.4 Å². The molecule has 7 nitrogen and oxygen atoms in total. The monoisotopic (exact) mass is 415 g/mol. The van der Waals surface area contributed by atoms with Crippen LogP contribution in [0.4, 0.5) is 5.69 Å². The predicted octanol–water partition coefficient (Wildman–Crippen LogP) is 2.62. The molecule has 0 aliphatic carbocycles. The molecule has 0 aliphatic rings. The van der Waals surface area contributed by atoms with Crippen molar-refractivity contribution in [2.75, 3.05) is 18.9 Å². The SMILES string of the molecule is Cc1cc(NC(=O)CN(C)S(=O)(=O)c2c(C)noc2C)ccc1Br. The minimum absolute atomic E-state index is 0.00251. The maximum atomic E-state index is 12.6. The fourth-order valence-electron chi connectivity index (χ4n) is 2.21. The second kappa shape index (κ2) is 7.04. The third-order valence-corrected chi connectivity index (χ3v) is 6.38. The van der Waals surface area contributed by atoms with Gasteiger partial charge in [-0.2, -0.15) is 4.31 Å². The lowest BCUT2D eigenvalue weighted by molar-refractivity contribution is -0.116. The molecule has 0 atom stereocenters. The van der Waals surface area contributed by atoms with Gasteiger partial charge in [0.15, 0.2) is 5.76 Å². The van der Waals surface area contributed by atoms with Crippen LogP contribution >= 0.6 is 15.9 Å². The van der Waals surface area contributed by atoms with Crippen molar-refractivity contribution in [1.82, 2.24) is 9.46 Å². The molecule has 0 spiro atoms. The summed E-state index contributed by atoms with van der Waals surface area (Å²) in [5.74, 6) is -0.238. The highest BCUT2D eigenvalue weighted by Gasteiger charge is 2.29. The average Bonchev–Trinajstić information content (AvgIpc) is 2.82. The van der Waals surface area contributed by atoms with Gasteiger partial charge in [0.2, 0.25) is 15.9 Å². The minimum Gasteiger partial charge on any atom is -0.360 e. The Labute approximate surface area is 149 Å². The zero-order chi connectivity index (χ0) is 18.1. The molecule has 2 rings (SSSR count). The summed E-state index contributed by atoms with van der Waals surface area (Å²) < 4.78 is 31.9. The van der Waals surface area contributed by atoms with Crippen LogP contribution in [0.5, 0.6) is 0 Å². The Morgan fingerprint density at radius 3 is 2.54 bits per heavy atom. The minimum atomic E-state index is -3.85. The first-order valence-electron chi connectivity index (χ1n) is 7.08. The van der Waals surface area contributed by atoms with Crippen LogP contribution in [0.2, 0.25) is 0 Å². The molecule has 1 aromatic carbocycles. The smallest absolute Gasteiger partial charge is 0.248 e. The molecule has 1 N–H and O–H groups in total. The summed E-state index contributed by atoms with van der Waals surface area (Å²) in [7, 11) is -2.51. The second-order valence-corrected chi connectivity index (χ2v) is 8.26. The van der Waals surface area contributed by atoms with E-state index >= 15 is 0 Å². The molecular weight excluding hydrogens is 398 g/mol. The molecule has 0 radical (unpaired) electrons. The van der Waals surface area contributed by atoms with Crippen molar-refractivity contribution in [3.8, 4) is 0 Å². The lowest BCUT2D eigenvalue weighted by atomic mass is 10.2. The predicted molar refractivity (Wildman–Crippen MR) is 93.3 cm³/mol. The number of aromatic nitrogens is 1. The van der Waals surface area contributed by atoms with Gasteiger partial charge in [0, 0.05) is 17.2 Å². The van der Waals surface area contributed by atoms with Crippen LogP contribution in [-0.2, 0) is 14.8 Å². The first-order valence-corrected chi connectivity index (χ1v) is 9.31. The van der Waals surface area contributed by atoms with E-state index < -0.39 is 15.9 Å². The fraction of sp³-hybridized carbons (Fsp3) is 0.333. The topological polar surface area (TPSA) is 92.5 Å². The highest BCUT2D eigenvalue weighted by molar-refractivity contribution is 9.10. The number of sulfonamides is 1. The number of halogens is 1. The number of benzene rings is 1. The Bertz CT molecular complexity index is 857. The molecule has 0 fully saturated rings. The molecule has 1 heterocycles. The molecule has 2 aromatic rings. The third-order valence-electron chi connectivity index (χ3n) is 3.44. The standard InChI is InChI=1S/C15H18BrN3O4S/c1-9-7-12(5-6-13(9)16)17-14(20)8-19(4)24(21,22)15-10(2)18-23-11(15)3/h5-7H,8H2,1-4H3,(H,17,20). The van der Waals surface area contributed by atoms with Crippen molar-refractivity contribution < 1.29 is 17.7 Å². The molecule has 130 valence electrons. The highest BCUT2D eigenvalue weighted by Crippen LogP contribution is 2.23. The summed E-state index contributed by atoms with van der Waals surface area (Å²) in [4.78, 5) is 12.1. The zero-order valence-corrected chi connectivity index (χ0v) is 16.2. The molecule has 0 aliphatic heterocycles. The van der Waals surface area contributed by atoms with Gasteiger partial charge in [-0.3, -0.25) is 4.79 Å². The van der Waals surface area contributed by atoms with Crippen LogP contribution in [0.3, 0.4) is 0 Å². The van der Waals surface area contributed by atoms with Gasteiger partial charge in [-0.05, 0) is 44.5 Å². The fourth-order valence-corrected chi connectivity index (χ4v) is 3.87. The lowest BCUT2D eigenvalue weighted by Crippen LogP contribution is -2.35. The van der Waals surface area contributed by atoms with E-state index in [0.29, 0.717) is 5.69 Å². The van der Waals surface area contributed by atoms with Crippen molar-refractivity contribution in [2.24, 2.45) is 0 Å². The second-order valence-electron chi connectivity index (χ2n) is 5.43. The van der Waals surface area contributed by atoms with Crippen LogP contribution in [0.25, 0.3) is 0 Å². The summed E-state index contributed by atoms with van der Waals surface area (Å²) in [6, 6.07) is 5.35. The number of hydrogen-bond donors (Lipinski definition) is 1. The number of likely N-dealkylation sites (N-methyl/N-ethyl adjacent to an activating group) is 1. The van der Waals surface area contributed by atoms with Gasteiger partial charge < -0.3 is 9.84 Å². The zero-order valence-electron chi connectivity index (χ0n) is 13.8. The molecule has 0 saturated heterocycles. The molecular formula is C15H18BrN3O4S. The number of hydrogen-bond acceptors (Lipinski definition) is 5. The van der Waals surface area contributed by atoms with E-state index in [-0.39, 0.29) is 22.9 Å². The Balaban J connectivity index is 2.12. The first kappa shape index (κ1) is 18.6. The number of carbonyl (C=O) groups is 1. The van der Waals surface area contributed by atoms with Crippen molar-refractivity contribution in [3.63, 3.8) is 0 Å². The average molecular weight is 416 g/mol. The van der Waals surface area contributed by atoms with Crippen LogP contribution < -0.4 is 5.32 Å². The van der Waals surface area contributed by atoms with Gasteiger partial charge in [-0.1, -0.05) is 21.1 Å². The Morgan fingerprint density at radius 1 is 1.33 bits per heavy atom. The van der Waals surface area contributed by atoms with Crippen molar-refractivity contribution >= 4 is 37.5 Å². The highest BCUT2D eigenvalue weighted by atomic mass is 79.9. The van der Waals surface area contributed by atoms with E-state index in [1.54, 1.807) is 19.1 Å². The molecule has 0 unspecified atom stereocenters. The van der Waals surface area contributed by atoms with Gasteiger partial charge >= 0.3 is 0 Å². The third kappa shape index (κ3) is 3.85. The van der Waals surface area contributed by atoms with Gasteiger partial charge in [0.25, 0.3) is 0 Å². The maximum Gasteiger partial charge on any atom is 0.248 e. The van der Waals surface area contributed by atoms with Gasteiger partial charge in [0.05, 0.1) is 6.54 Å². The normalized spacial score (nSPS) is 11.8. The molecule has 9 heteroatoms. The number of anilines is 1. The largest absolute Gasteiger partial charge is 0.360 e. The molecule has 24 heavy (non-hydrogen) atoms. The van der Waals surface area contributed by atoms with Crippen molar-refractivity contribution in [2.45, 2.75) is 25.7 Å². The Morgan fingerprint density at radius 2 is 2.00 bits per heavy atom. The van der Waals surface area contributed by atoms with E-state index in [1.807, 2.05) is 13.0 Å². The maximum absolute atomic E-state index is 12.6. The summed E-state index contributed by atoms with van der Waals surface area (Å²) in [6.07, 6.45) is 0. The number of rotatable bonds is 5. The van der Waals surface area contributed by atoms with E-state index in [9.17, 15) is 13.2 Å². The van der Waals surface area contributed by atoms with Gasteiger partial charge in [-0.15, -0.1) is 0 Å². The van der Waals surface area contributed by atoms with Crippen LogP contribution in [-0.4, -0.2) is 37.4 Å². The number of amides is 1. The number of aryl methyl sites for hydroxylation is 3. The number of carbonyl (C=O) groups excluding carboxylic acids is 1. The summed E-state index contributed by atoms with van der Waals surface area (Å²) >= 11 is 3.38. The summed E-state index contributed by atoms with van der Waals surface area (Å²) in [5.41, 5.74) is 1.83. The molecule has 1 aromatic heterocycles. The van der Waals surface area contributed by atoms with Gasteiger partial charge in [0.1, 0.15) is 10.6 Å².